The number of imide groups is 1. The molecule has 2 aromatic carbocycles. The highest BCUT2D eigenvalue weighted by Gasteiger charge is 2.43. The number of nitrogens with two attached hydrogens (primary N) is 1. The van der Waals surface area contributed by atoms with Crippen LogP contribution in [0.15, 0.2) is 54.6 Å². The van der Waals surface area contributed by atoms with E-state index in [-0.39, 0.29) is 24.4 Å². The smallest absolute Gasteiger partial charge is 0.262 e. The molecule has 27 heavy (non-hydrogen) atoms. The van der Waals surface area contributed by atoms with Crippen molar-refractivity contribution in [2.24, 2.45) is 11.7 Å². The largest absolute Gasteiger partial charge is 0.352 e. The van der Waals surface area contributed by atoms with E-state index >= 15 is 0 Å². The molecular formula is C21H23N3O3. The number of carbonyl (C=O) groups is 3. The van der Waals surface area contributed by atoms with E-state index in [2.05, 4.69) is 5.32 Å². The van der Waals surface area contributed by atoms with Gasteiger partial charge >= 0.3 is 0 Å². The molecule has 3 N–H and O–H groups in total. The number of nitrogens with zero attached hydrogens (tertiary/aromatic N) is 1. The maximum Gasteiger partial charge on any atom is 0.262 e. The van der Waals surface area contributed by atoms with Gasteiger partial charge in [0.1, 0.15) is 6.04 Å². The Morgan fingerprint density at radius 3 is 2.00 bits per heavy atom. The van der Waals surface area contributed by atoms with Gasteiger partial charge in [0, 0.05) is 12.6 Å². The second kappa shape index (κ2) is 7.72. The lowest BCUT2D eigenvalue weighted by Gasteiger charge is -2.28. The number of hydrogen-bond acceptors (Lipinski definition) is 4. The van der Waals surface area contributed by atoms with Crippen molar-refractivity contribution in [3.63, 3.8) is 0 Å². The normalized spacial score (nSPS) is 15.6. The van der Waals surface area contributed by atoms with Crippen LogP contribution in [0.3, 0.4) is 0 Å². The third-order valence-electron chi connectivity index (χ3n) is 4.73. The van der Waals surface area contributed by atoms with Crippen molar-refractivity contribution in [2.45, 2.75) is 25.9 Å². The molecule has 140 valence electrons. The summed E-state index contributed by atoms with van der Waals surface area (Å²) in [5.41, 5.74) is 7.71. The van der Waals surface area contributed by atoms with Gasteiger partial charge in [0.2, 0.25) is 5.91 Å². The van der Waals surface area contributed by atoms with Crippen LogP contribution in [0.2, 0.25) is 0 Å². The van der Waals surface area contributed by atoms with E-state index in [0.29, 0.717) is 11.1 Å². The third-order valence-corrected chi connectivity index (χ3v) is 4.73. The minimum absolute atomic E-state index is 0.217. The second-order valence-electron chi connectivity index (χ2n) is 6.98. The Morgan fingerprint density at radius 2 is 1.48 bits per heavy atom. The predicted molar refractivity (Wildman–Crippen MR) is 102 cm³/mol. The fraction of sp³-hybridized carbons (Fsp3) is 0.286. The van der Waals surface area contributed by atoms with Crippen LogP contribution in [0.5, 0.6) is 0 Å². The van der Waals surface area contributed by atoms with Crippen LogP contribution in [0.25, 0.3) is 0 Å². The lowest BCUT2D eigenvalue weighted by atomic mass is 10.0. The first-order chi connectivity index (χ1) is 12.9. The Balaban J connectivity index is 1.75. The topological polar surface area (TPSA) is 92.5 Å². The minimum atomic E-state index is -0.889. The first-order valence-electron chi connectivity index (χ1n) is 8.97. The van der Waals surface area contributed by atoms with E-state index in [0.717, 1.165) is 10.5 Å². The van der Waals surface area contributed by atoms with Crippen LogP contribution in [0, 0.1) is 5.92 Å². The molecule has 0 aromatic heterocycles. The second-order valence-corrected chi connectivity index (χ2v) is 6.98. The standard InChI is InChI=1S/C21H23N3O3/c1-13(2)18(19(25)23-12-17(22)14-8-4-3-5-9-14)24-20(26)15-10-6-7-11-16(15)21(24)27/h3-11,13,17-18H,12,22H2,1-2H3,(H,23,25). The van der Waals surface area contributed by atoms with E-state index in [1.54, 1.807) is 24.3 Å². The molecule has 0 saturated carbocycles. The van der Waals surface area contributed by atoms with Crippen LogP contribution < -0.4 is 11.1 Å². The molecule has 0 spiro atoms. The molecule has 1 aliphatic heterocycles. The molecule has 3 rings (SSSR count). The first-order valence-corrected chi connectivity index (χ1v) is 8.97. The molecule has 1 heterocycles. The van der Waals surface area contributed by atoms with Gasteiger partial charge in [-0.2, -0.15) is 0 Å². The van der Waals surface area contributed by atoms with Gasteiger partial charge in [-0.15, -0.1) is 0 Å². The summed E-state index contributed by atoms with van der Waals surface area (Å²) in [5, 5.41) is 2.80. The quantitative estimate of drug-likeness (QED) is 0.767. The molecule has 6 nitrogen and oxygen atoms in total. The molecule has 1 aliphatic rings. The Morgan fingerprint density at radius 1 is 0.963 bits per heavy atom. The highest BCUT2D eigenvalue weighted by molar-refractivity contribution is 6.22. The van der Waals surface area contributed by atoms with Crippen LogP contribution >= 0.6 is 0 Å². The van der Waals surface area contributed by atoms with Crippen molar-refractivity contribution in [3.05, 3.63) is 71.3 Å². The Bertz CT molecular complexity index is 829. The Kier molecular flexibility index (Phi) is 5.37. The molecule has 0 saturated heterocycles. The fourth-order valence-electron chi connectivity index (χ4n) is 3.31. The van der Waals surface area contributed by atoms with Crippen molar-refractivity contribution in [1.29, 1.82) is 0 Å². The summed E-state index contributed by atoms with van der Waals surface area (Å²) >= 11 is 0. The summed E-state index contributed by atoms with van der Waals surface area (Å²) in [6.07, 6.45) is 0. The van der Waals surface area contributed by atoms with E-state index in [4.69, 9.17) is 5.73 Å². The number of nitrogens with one attached hydrogen (secondary N) is 1. The van der Waals surface area contributed by atoms with Crippen LogP contribution in [-0.4, -0.2) is 35.2 Å². The zero-order valence-electron chi connectivity index (χ0n) is 15.4. The maximum absolute atomic E-state index is 12.8. The lowest BCUT2D eigenvalue weighted by molar-refractivity contribution is -0.126. The molecule has 6 heteroatoms. The molecule has 2 aromatic rings. The highest BCUT2D eigenvalue weighted by atomic mass is 16.2. The zero-order valence-corrected chi connectivity index (χ0v) is 15.4. The monoisotopic (exact) mass is 365 g/mol. The molecule has 0 aliphatic carbocycles. The Labute approximate surface area is 158 Å². The summed E-state index contributed by atoms with van der Waals surface area (Å²) in [6.45, 7) is 3.84. The van der Waals surface area contributed by atoms with Gasteiger partial charge in [-0.05, 0) is 23.6 Å². The van der Waals surface area contributed by atoms with Crippen molar-refractivity contribution < 1.29 is 14.4 Å². The van der Waals surface area contributed by atoms with Gasteiger partial charge in [-0.3, -0.25) is 19.3 Å². The van der Waals surface area contributed by atoms with E-state index in [9.17, 15) is 14.4 Å². The number of amides is 3. The zero-order chi connectivity index (χ0) is 19.6. The summed E-state index contributed by atoms with van der Waals surface area (Å²) in [4.78, 5) is 39.3. The fourth-order valence-corrected chi connectivity index (χ4v) is 3.31. The molecule has 0 radical (unpaired) electrons. The van der Waals surface area contributed by atoms with Gasteiger partial charge in [0.15, 0.2) is 0 Å². The molecular weight excluding hydrogens is 342 g/mol. The van der Waals surface area contributed by atoms with Crippen molar-refractivity contribution >= 4 is 17.7 Å². The van der Waals surface area contributed by atoms with Gasteiger partial charge in [0.25, 0.3) is 11.8 Å². The van der Waals surface area contributed by atoms with Gasteiger partial charge in [0.05, 0.1) is 11.1 Å². The van der Waals surface area contributed by atoms with Gasteiger partial charge in [-0.25, -0.2) is 0 Å². The third kappa shape index (κ3) is 3.61. The Hall–Kier alpha value is -2.99. The summed E-state index contributed by atoms with van der Waals surface area (Å²) in [5.74, 6) is -1.49. The minimum Gasteiger partial charge on any atom is -0.352 e. The number of hydrogen-bond donors (Lipinski definition) is 2. The van der Waals surface area contributed by atoms with Crippen molar-refractivity contribution in [1.82, 2.24) is 10.2 Å². The van der Waals surface area contributed by atoms with Crippen molar-refractivity contribution in [2.75, 3.05) is 6.54 Å². The van der Waals surface area contributed by atoms with Crippen LogP contribution in [0.4, 0.5) is 0 Å². The summed E-state index contributed by atoms with van der Waals surface area (Å²) in [6, 6.07) is 14.8. The average Bonchev–Trinajstić information content (AvgIpc) is 2.92. The number of carbonyl (C=O) groups excluding carboxylic acids is 3. The number of rotatable bonds is 6. The first kappa shape index (κ1) is 18.8. The van der Waals surface area contributed by atoms with Crippen LogP contribution in [0.1, 0.15) is 46.2 Å². The van der Waals surface area contributed by atoms with E-state index in [1.807, 2.05) is 44.2 Å². The highest BCUT2D eigenvalue weighted by Crippen LogP contribution is 2.27. The SMILES string of the molecule is CC(C)C(C(=O)NCC(N)c1ccccc1)N1C(=O)c2ccccc2C1=O. The maximum atomic E-state index is 12.8. The molecule has 2 unspecified atom stereocenters. The predicted octanol–water partition coefficient (Wildman–Crippen LogP) is 2.12. The molecule has 3 amide bonds. The summed E-state index contributed by atoms with van der Waals surface area (Å²) < 4.78 is 0. The number of benzene rings is 2. The van der Waals surface area contributed by atoms with E-state index in [1.165, 1.54) is 0 Å². The van der Waals surface area contributed by atoms with Crippen LogP contribution in [-0.2, 0) is 4.79 Å². The molecule has 2 atom stereocenters. The molecule has 0 fully saturated rings. The van der Waals surface area contributed by atoms with E-state index < -0.39 is 17.9 Å². The van der Waals surface area contributed by atoms with Gasteiger partial charge < -0.3 is 11.1 Å². The number of fused-ring (bicyclic) bond motifs is 1. The average molecular weight is 365 g/mol. The van der Waals surface area contributed by atoms with Crippen molar-refractivity contribution in [3.8, 4) is 0 Å². The van der Waals surface area contributed by atoms with Gasteiger partial charge in [-0.1, -0.05) is 56.3 Å². The lowest BCUT2D eigenvalue weighted by Crippen LogP contribution is -2.53. The summed E-state index contributed by atoms with van der Waals surface area (Å²) in [7, 11) is 0. The molecule has 0 bridgehead atoms.